The van der Waals surface area contributed by atoms with E-state index >= 15 is 0 Å². The minimum absolute atomic E-state index is 0.478. The van der Waals surface area contributed by atoms with Crippen molar-refractivity contribution in [1.29, 1.82) is 0 Å². The molecule has 0 saturated carbocycles. The maximum Gasteiger partial charge on any atom is 0.397 e. The Morgan fingerprint density at radius 1 is 0.917 bits per heavy atom. The molecule has 0 unspecified atom stereocenters. The number of unbranched alkanes of at least 4 members (excludes halogenated alkanes) is 2. The summed E-state index contributed by atoms with van der Waals surface area (Å²) in [5.41, 5.74) is 0.721. The lowest BCUT2D eigenvalue weighted by atomic mass is 10.2. The van der Waals surface area contributed by atoms with E-state index in [9.17, 15) is 9.59 Å². The van der Waals surface area contributed by atoms with Crippen LogP contribution in [0.15, 0.2) is 30.3 Å². The number of amides is 1. The summed E-state index contributed by atoms with van der Waals surface area (Å²) in [7, 11) is 1.23. The summed E-state index contributed by atoms with van der Waals surface area (Å²) in [6.07, 6.45) is 4.57. The Kier molecular flexibility index (Phi) is 9.77. The van der Waals surface area contributed by atoms with Crippen LogP contribution in [0, 0.1) is 0 Å². The van der Waals surface area contributed by atoms with Crippen molar-refractivity contribution in [3.8, 4) is 0 Å². The zero-order valence-electron chi connectivity index (χ0n) is 15.2. The Bertz CT molecular complexity index is 483. The largest absolute Gasteiger partial charge is 0.462 e. The van der Waals surface area contributed by atoms with E-state index in [0.29, 0.717) is 6.54 Å². The number of methoxy groups -OCH3 is 1. The van der Waals surface area contributed by atoms with E-state index < -0.39 is 11.9 Å². The molecule has 0 atom stereocenters. The van der Waals surface area contributed by atoms with Crippen LogP contribution in [0.25, 0.3) is 0 Å². The van der Waals surface area contributed by atoms with Gasteiger partial charge in [-0.25, -0.2) is 4.79 Å². The minimum atomic E-state index is -0.826. The lowest BCUT2D eigenvalue weighted by Gasteiger charge is -2.27. The average molecular weight is 334 g/mol. The van der Waals surface area contributed by atoms with Crippen LogP contribution in [-0.4, -0.2) is 50.1 Å². The number of rotatable bonds is 10. The lowest BCUT2D eigenvalue weighted by molar-refractivity contribution is -0.151. The first-order chi connectivity index (χ1) is 11.6. The summed E-state index contributed by atoms with van der Waals surface area (Å²) < 4.78 is 4.61. The smallest absolute Gasteiger partial charge is 0.397 e. The van der Waals surface area contributed by atoms with Crippen LogP contribution in [0.4, 0.5) is 5.69 Å². The number of para-hydroxylation sites is 1. The number of benzene rings is 1. The molecule has 0 bridgehead atoms. The highest BCUT2D eigenvalue weighted by Gasteiger charge is 2.24. The SMILES string of the molecule is CCCCN(CCCC)CCN(C(=O)C(=O)OC)c1ccccc1. The summed E-state index contributed by atoms with van der Waals surface area (Å²) in [5.74, 6) is -1.44. The molecule has 24 heavy (non-hydrogen) atoms. The zero-order chi connectivity index (χ0) is 17.8. The van der Waals surface area contributed by atoms with Crippen LogP contribution in [0.3, 0.4) is 0 Å². The van der Waals surface area contributed by atoms with Gasteiger partial charge in [0, 0.05) is 18.8 Å². The third kappa shape index (κ3) is 6.71. The second-order valence-corrected chi connectivity index (χ2v) is 5.83. The molecule has 5 heteroatoms. The minimum Gasteiger partial charge on any atom is -0.462 e. The zero-order valence-corrected chi connectivity index (χ0v) is 15.2. The van der Waals surface area contributed by atoms with Crippen LogP contribution in [0.1, 0.15) is 39.5 Å². The molecule has 0 heterocycles. The van der Waals surface area contributed by atoms with Gasteiger partial charge in [0.2, 0.25) is 0 Å². The van der Waals surface area contributed by atoms with Crippen molar-refractivity contribution in [1.82, 2.24) is 4.90 Å². The molecule has 0 N–H and O–H groups in total. The molecule has 1 aromatic carbocycles. The fraction of sp³-hybridized carbons (Fsp3) is 0.579. The quantitative estimate of drug-likeness (QED) is 0.487. The van der Waals surface area contributed by atoms with Gasteiger partial charge < -0.3 is 14.5 Å². The Hall–Kier alpha value is -1.88. The lowest BCUT2D eigenvalue weighted by Crippen LogP contribution is -2.43. The number of esters is 1. The van der Waals surface area contributed by atoms with Crippen molar-refractivity contribution >= 4 is 17.6 Å². The van der Waals surface area contributed by atoms with Gasteiger partial charge in [-0.2, -0.15) is 0 Å². The van der Waals surface area contributed by atoms with Gasteiger partial charge >= 0.3 is 11.9 Å². The number of carbonyl (C=O) groups is 2. The van der Waals surface area contributed by atoms with E-state index in [1.165, 1.54) is 12.0 Å². The molecule has 0 aliphatic rings. The van der Waals surface area contributed by atoms with E-state index in [0.717, 1.165) is 51.0 Å². The Balaban J connectivity index is 2.79. The molecule has 1 aromatic rings. The van der Waals surface area contributed by atoms with E-state index in [4.69, 9.17) is 0 Å². The highest BCUT2D eigenvalue weighted by atomic mass is 16.5. The van der Waals surface area contributed by atoms with Gasteiger partial charge in [0.1, 0.15) is 0 Å². The monoisotopic (exact) mass is 334 g/mol. The average Bonchev–Trinajstić information content (AvgIpc) is 2.63. The molecule has 5 nitrogen and oxygen atoms in total. The van der Waals surface area contributed by atoms with E-state index in [1.54, 1.807) is 0 Å². The summed E-state index contributed by atoms with van der Waals surface area (Å²) in [4.78, 5) is 27.9. The third-order valence-electron chi connectivity index (χ3n) is 3.97. The molecular weight excluding hydrogens is 304 g/mol. The van der Waals surface area contributed by atoms with Gasteiger partial charge in [0.25, 0.3) is 0 Å². The number of carbonyl (C=O) groups excluding carboxylic acids is 2. The van der Waals surface area contributed by atoms with Crippen LogP contribution in [0.2, 0.25) is 0 Å². The molecule has 0 fully saturated rings. The molecule has 1 amide bonds. The molecule has 0 aromatic heterocycles. The number of anilines is 1. The van der Waals surface area contributed by atoms with Crippen molar-refractivity contribution < 1.29 is 14.3 Å². The van der Waals surface area contributed by atoms with Crippen molar-refractivity contribution in [2.45, 2.75) is 39.5 Å². The molecule has 1 rings (SSSR count). The predicted octanol–water partition coefficient (Wildman–Crippen LogP) is 3.09. The van der Waals surface area contributed by atoms with Gasteiger partial charge in [-0.3, -0.25) is 4.79 Å². The Labute approximate surface area is 145 Å². The summed E-state index contributed by atoms with van der Waals surface area (Å²) in [6.45, 7) is 7.62. The first-order valence-corrected chi connectivity index (χ1v) is 8.81. The van der Waals surface area contributed by atoms with Crippen LogP contribution < -0.4 is 4.90 Å². The third-order valence-corrected chi connectivity index (χ3v) is 3.97. The van der Waals surface area contributed by atoms with Crippen molar-refractivity contribution in [2.75, 3.05) is 38.2 Å². The van der Waals surface area contributed by atoms with E-state index in [2.05, 4.69) is 23.5 Å². The summed E-state index contributed by atoms with van der Waals surface area (Å²) in [6, 6.07) is 9.28. The standard InChI is InChI=1S/C19H30N2O3/c1-4-6-13-20(14-7-5-2)15-16-21(18(22)19(23)24-3)17-11-9-8-10-12-17/h8-12H,4-7,13-16H2,1-3H3. The summed E-state index contributed by atoms with van der Waals surface area (Å²) in [5, 5.41) is 0. The van der Waals surface area contributed by atoms with Crippen LogP contribution in [-0.2, 0) is 14.3 Å². The molecular formula is C19H30N2O3. The van der Waals surface area contributed by atoms with Crippen molar-refractivity contribution in [3.63, 3.8) is 0 Å². The van der Waals surface area contributed by atoms with Crippen molar-refractivity contribution in [3.05, 3.63) is 30.3 Å². The van der Waals surface area contributed by atoms with Gasteiger partial charge in [-0.1, -0.05) is 44.9 Å². The first-order valence-electron chi connectivity index (χ1n) is 8.81. The maximum absolute atomic E-state index is 12.3. The highest BCUT2D eigenvalue weighted by Crippen LogP contribution is 2.14. The number of hydrogen-bond acceptors (Lipinski definition) is 4. The molecule has 0 radical (unpaired) electrons. The van der Waals surface area contributed by atoms with Gasteiger partial charge in [0.15, 0.2) is 0 Å². The van der Waals surface area contributed by atoms with Crippen LogP contribution in [0.5, 0.6) is 0 Å². The Morgan fingerprint density at radius 2 is 1.50 bits per heavy atom. The second-order valence-electron chi connectivity index (χ2n) is 5.83. The number of nitrogens with zero attached hydrogens (tertiary/aromatic N) is 2. The number of ether oxygens (including phenoxy) is 1. The van der Waals surface area contributed by atoms with Gasteiger partial charge in [-0.05, 0) is 38.1 Å². The van der Waals surface area contributed by atoms with Crippen molar-refractivity contribution in [2.24, 2.45) is 0 Å². The fourth-order valence-electron chi connectivity index (χ4n) is 2.49. The highest BCUT2D eigenvalue weighted by molar-refractivity contribution is 6.38. The van der Waals surface area contributed by atoms with Gasteiger partial charge in [-0.15, -0.1) is 0 Å². The maximum atomic E-state index is 12.3. The molecule has 0 aliphatic heterocycles. The number of hydrogen-bond donors (Lipinski definition) is 0. The molecule has 0 saturated heterocycles. The van der Waals surface area contributed by atoms with Crippen LogP contribution >= 0.6 is 0 Å². The molecule has 134 valence electrons. The fourth-order valence-corrected chi connectivity index (χ4v) is 2.49. The molecule has 0 aliphatic carbocycles. The molecule has 0 spiro atoms. The van der Waals surface area contributed by atoms with Gasteiger partial charge in [0.05, 0.1) is 7.11 Å². The van der Waals surface area contributed by atoms with E-state index in [-0.39, 0.29) is 0 Å². The second kappa shape index (κ2) is 11.6. The normalized spacial score (nSPS) is 10.7. The Morgan fingerprint density at radius 3 is 2.00 bits per heavy atom. The van der Waals surface area contributed by atoms with E-state index in [1.807, 2.05) is 30.3 Å². The topological polar surface area (TPSA) is 49.9 Å². The summed E-state index contributed by atoms with van der Waals surface area (Å²) >= 11 is 0. The predicted molar refractivity (Wildman–Crippen MR) is 97.1 cm³/mol. The first kappa shape index (κ1) is 20.2.